The van der Waals surface area contributed by atoms with E-state index in [9.17, 15) is 9.59 Å². The highest BCUT2D eigenvalue weighted by molar-refractivity contribution is 5.94. The number of rotatable bonds is 5. The number of piperazine rings is 2. The molecule has 3 heterocycles. The summed E-state index contributed by atoms with van der Waals surface area (Å²) in [4.78, 5) is 33.8. The molecule has 0 bridgehead atoms. The van der Waals surface area contributed by atoms with Crippen LogP contribution in [0.25, 0.3) is 0 Å². The highest BCUT2D eigenvalue weighted by atomic mass is 16.3. The van der Waals surface area contributed by atoms with Crippen molar-refractivity contribution in [1.29, 1.82) is 0 Å². The molecule has 2 aliphatic heterocycles. The van der Waals surface area contributed by atoms with E-state index in [0.717, 1.165) is 63.5 Å². The second-order valence-electron chi connectivity index (χ2n) is 7.97. The van der Waals surface area contributed by atoms with Crippen molar-refractivity contribution in [2.45, 2.75) is 13.5 Å². The number of nitrogens with zero attached hydrogens (tertiary/aromatic N) is 4. The lowest BCUT2D eigenvalue weighted by molar-refractivity contribution is 0.0595. The highest BCUT2D eigenvalue weighted by Crippen LogP contribution is 2.15. The molecule has 2 aromatic rings. The fourth-order valence-corrected chi connectivity index (χ4v) is 4.18. The van der Waals surface area contributed by atoms with Crippen LogP contribution in [0.15, 0.2) is 47.1 Å². The molecule has 2 amide bonds. The molecule has 0 spiro atoms. The van der Waals surface area contributed by atoms with Crippen LogP contribution in [0.3, 0.4) is 0 Å². The maximum Gasteiger partial charge on any atom is 0.289 e. The Balaban J connectivity index is 1.31. The zero-order valence-electron chi connectivity index (χ0n) is 17.6. The Hall–Kier alpha value is -2.64. The fourth-order valence-electron chi connectivity index (χ4n) is 4.18. The zero-order valence-corrected chi connectivity index (χ0v) is 17.6. The van der Waals surface area contributed by atoms with Crippen molar-refractivity contribution in [2.24, 2.45) is 0 Å². The monoisotopic (exact) mass is 410 g/mol. The molecule has 2 fully saturated rings. The van der Waals surface area contributed by atoms with E-state index in [1.807, 2.05) is 28.0 Å². The first-order chi connectivity index (χ1) is 14.6. The second-order valence-corrected chi connectivity index (χ2v) is 7.97. The summed E-state index contributed by atoms with van der Waals surface area (Å²) in [5.74, 6) is 0.478. The topological polar surface area (TPSA) is 60.2 Å². The predicted molar refractivity (Wildman–Crippen MR) is 114 cm³/mol. The van der Waals surface area contributed by atoms with E-state index in [1.54, 1.807) is 12.1 Å². The van der Waals surface area contributed by atoms with E-state index in [0.29, 0.717) is 18.8 Å². The van der Waals surface area contributed by atoms with Crippen LogP contribution in [0, 0.1) is 0 Å². The molecule has 2 aliphatic rings. The number of benzene rings is 1. The van der Waals surface area contributed by atoms with Crippen LogP contribution < -0.4 is 0 Å². The summed E-state index contributed by atoms with van der Waals surface area (Å²) in [7, 11) is 0. The number of furan rings is 1. The first kappa shape index (κ1) is 20.6. The van der Waals surface area contributed by atoms with Gasteiger partial charge in [0, 0.05) is 64.5 Å². The molecule has 0 unspecified atom stereocenters. The molecular weight excluding hydrogens is 380 g/mol. The Morgan fingerprint density at radius 2 is 1.50 bits per heavy atom. The van der Waals surface area contributed by atoms with Gasteiger partial charge in [0.15, 0.2) is 5.76 Å². The molecule has 0 radical (unpaired) electrons. The number of amides is 2. The van der Waals surface area contributed by atoms with Crippen LogP contribution in [-0.4, -0.2) is 90.3 Å². The van der Waals surface area contributed by atoms with Gasteiger partial charge in [-0.1, -0.05) is 19.1 Å². The summed E-state index contributed by atoms with van der Waals surface area (Å²) in [6.07, 6.45) is 1.53. The van der Waals surface area contributed by atoms with E-state index in [2.05, 4.69) is 22.8 Å². The second kappa shape index (κ2) is 9.45. The Morgan fingerprint density at radius 3 is 2.13 bits per heavy atom. The fraction of sp³-hybridized carbons (Fsp3) is 0.478. The first-order valence-electron chi connectivity index (χ1n) is 10.8. The molecule has 7 heteroatoms. The maximum atomic E-state index is 12.9. The molecule has 1 aromatic carbocycles. The van der Waals surface area contributed by atoms with Gasteiger partial charge in [-0.2, -0.15) is 0 Å². The number of hydrogen-bond acceptors (Lipinski definition) is 5. The quantitative estimate of drug-likeness (QED) is 0.755. The van der Waals surface area contributed by atoms with Gasteiger partial charge in [-0.05, 0) is 36.4 Å². The van der Waals surface area contributed by atoms with Gasteiger partial charge in [0.05, 0.1) is 6.26 Å². The minimum Gasteiger partial charge on any atom is -0.459 e. The summed E-state index contributed by atoms with van der Waals surface area (Å²) in [5.41, 5.74) is 1.91. The number of carbonyl (C=O) groups excluding carboxylic acids is 2. The average molecular weight is 411 g/mol. The van der Waals surface area contributed by atoms with Crippen LogP contribution in [0.2, 0.25) is 0 Å². The predicted octanol–water partition coefficient (Wildman–Crippen LogP) is 2.02. The largest absolute Gasteiger partial charge is 0.459 e. The van der Waals surface area contributed by atoms with Crippen LogP contribution in [0.1, 0.15) is 33.4 Å². The van der Waals surface area contributed by atoms with Gasteiger partial charge < -0.3 is 19.1 Å². The molecule has 4 rings (SSSR count). The Bertz CT molecular complexity index is 851. The number of carbonyl (C=O) groups is 2. The molecule has 7 nitrogen and oxygen atoms in total. The van der Waals surface area contributed by atoms with Gasteiger partial charge in [0.2, 0.25) is 0 Å². The van der Waals surface area contributed by atoms with Gasteiger partial charge >= 0.3 is 0 Å². The van der Waals surface area contributed by atoms with E-state index < -0.39 is 0 Å². The van der Waals surface area contributed by atoms with Crippen molar-refractivity contribution >= 4 is 11.8 Å². The van der Waals surface area contributed by atoms with Crippen molar-refractivity contribution in [2.75, 3.05) is 58.9 Å². The van der Waals surface area contributed by atoms with Gasteiger partial charge in [0.1, 0.15) is 0 Å². The van der Waals surface area contributed by atoms with Gasteiger partial charge in [-0.3, -0.25) is 14.5 Å². The molecule has 0 atom stereocenters. The standard InChI is InChI=1S/C23H30N4O3/c1-2-24-8-12-26(13-9-24)22(28)20-6-3-5-19(17-20)18-25-10-14-27(15-11-25)23(29)21-7-4-16-30-21/h3-7,16-17H,2,8-15,18H2,1H3. The van der Waals surface area contributed by atoms with Crippen molar-refractivity contribution in [3.8, 4) is 0 Å². The van der Waals surface area contributed by atoms with E-state index >= 15 is 0 Å². The van der Waals surface area contributed by atoms with E-state index in [4.69, 9.17) is 4.42 Å². The van der Waals surface area contributed by atoms with Crippen molar-refractivity contribution in [3.63, 3.8) is 0 Å². The van der Waals surface area contributed by atoms with Crippen molar-refractivity contribution in [3.05, 3.63) is 59.5 Å². The van der Waals surface area contributed by atoms with Gasteiger partial charge in [-0.15, -0.1) is 0 Å². The summed E-state index contributed by atoms with van der Waals surface area (Å²) < 4.78 is 5.23. The lowest BCUT2D eigenvalue weighted by atomic mass is 10.1. The average Bonchev–Trinajstić information content (AvgIpc) is 3.34. The number of likely N-dealkylation sites (N-methyl/N-ethyl adjacent to an activating group) is 1. The Labute approximate surface area is 177 Å². The maximum absolute atomic E-state index is 12.9. The lowest BCUT2D eigenvalue weighted by Gasteiger charge is -2.35. The normalized spacial score (nSPS) is 18.6. The zero-order chi connectivity index (χ0) is 20.9. The van der Waals surface area contributed by atoms with E-state index in [1.165, 1.54) is 6.26 Å². The van der Waals surface area contributed by atoms with E-state index in [-0.39, 0.29) is 11.8 Å². The molecule has 0 N–H and O–H groups in total. The highest BCUT2D eigenvalue weighted by Gasteiger charge is 2.24. The van der Waals surface area contributed by atoms with Crippen LogP contribution >= 0.6 is 0 Å². The minimum absolute atomic E-state index is 0.0459. The molecule has 0 aliphatic carbocycles. The smallest absolute Gasteiger partial charge is 0.289 e. The number of hydrogen-bond donors (Lipinski definition) is 0. The third-order valence-corrected chi connectivity index (χ3v) is 6.08. The van der Waals surface area contributed by atoms with Gasteiger partial charge in [0.25, 0.3) is 11.8 Å². The summed E-state index contributed by atoms with van der Waals surface area (Å²) in [6, 6.07) is 11.4. The first-order valence-corrected chi connectivity index (χ1v) is 10.8. The Kier molecular flexibility index (Phi) is 6.50. The van der Waals surface area contributed by atoms with Crippen molar-refractivity contribution in [1.82, 2.24) is 19.6 Å². The summed E-state index contributed by atoms with van der Waals surface area (Å²) in [6.45, 7) is 10.4. The Morgan fingerprint density at radius 1 is 0.833 bits per heavy atom. The molecule has 0 saturated carbocycles. The molecular formula is C23H30N4O3. The molecule has 30 heavy (non-hydrogen) atoms. The molecule has 1 aromatic heterocycles. The summed E-state index contributed by atoms with van der Waals surface area (Å²) in [5, 5.41) is 0. The minimum atomic E-state index is -0.0459. The third-order valence-electron chi connectivity index (χ3n) is 6.08. The molecule has 160 valence electrons. The van der Waals surface area contributed by atoms with Crippen LogP contribution in [0.5, 0.6) is 0 Å². The molecule has 2 saturated heterocycles. The summed E-state index contributed by atoms with van der Waals surface area (Å²) >= 11 is 0. The third kappa shape index (κ3) is 4.74. The van der Waals surface area contributed by atoms with Crippen LogP contribution in [-0.2, 0) is 6.54 Å². The van der Waals surface area contributed by atoms with Crippen molar-refractivity contribution < 1.29 is 14.0 Å². The lowest BCUT2D eigenvalue weighted by Crippen LogP contribution is -2.48. The van der Waals surface area contributed by atoms with Crippen LogP contribution in [0.4, 0.5) is 0 Å². The SMILES string of the molecule is CCN1CCN(C(=O)c2cccc(CN3CCN(C(=O)c4ccco4)CC3)c2)CC1. The van der Waals surface area contributed by atoms with Gasteiger partial charge in [-0.25, -0.2) is 0 Å².